The summed E-state index contributed by atoms with van der Waals surface area (Å²) in [7, 11) is 1.61. The van der Waals surface area contributed by atoms with E-state index in [9.17, 15) is 0 Å². The van der Waals surface area contributed by atoms with Crippen LogP contribution < -0.4 is 15.8 Å². The molecule has 0 unspecified atom stereocenters. The van der Waals surface area contributed by atoms with Crippen LogP contribution in [0.1, 0.15) is 5.56 Å². The molecule has 0 aliphatic carbocycles. The molecule has 1 aromatic carbocycles. The van der Waals surface area contributed by atoms with Crippen LogP contribution in [0.3, 0.4) is 0 Å². The van der Waals surface area contributed by atoms with Crippen molar-refractivity contribution in [3.8, 4) is 17.0 Å². The number of aromatic nitrogens is 6. The molecule has 0 atom stereocenters. The Morgan fingerprint density at radius 2 is 2.04 bits per heavy atom. The molecule has 0 fully saturated rings. The first-order chi connectivity index (χ1) is 12.7. The highest BCUT2D eigenvalue weighted by Gasteiger charge is 2.14. The minimum Gasteiger partial charge on any atom is -0.496 e. The lowest BCUT2D eigenvalue weighted by atomic mass is 10.1. The van der Waals surface area contributed by atoms with Gasteiger partial charge in [-0.05, 0) is 18.2 Å². The third kappa shape index (κ3) is 2.97. The largest absolute Gasteiger partial charge is 0.496 e. The van der Waals surface area contributed by atoms with E-state index in [0.717, 1.165) is 22.2 Å². The summed E-state index contributed by atoms with van der Waals surface area (Å²) in [5, 5.41) is 10.9. The average molecular weight is 348 g/mol. The third-order valence-electron chi connectivity index (χ3n) is 3.89. The Morgan fingerprint density at radius 1 is 1.19 bits per heavy atom. The van der Waals surface area contributed by atoms with Gasteiger partial charge in [-0.25, -0.2) is 15.0 Å². The van der Waals surface area contributed by atoms with Gasteiger partial charge in [-0.15, -0.1) is 0 Å². The molecule has 9 nitrogen and oxygen atoms in total. The standard InChI is InChI=1S/C17H16N8O/c1-26-14-5-11(12-2-3-22-25-12)4-13-15(14)16(24-17(18)23-13)21-8-10-6-19-9-20-7-10/h2-7,9H,8H2,1H3,(H,22,25)(H3,18,21,23,24). The lowest BCUT2D eigenvalue weighted by Crippen LogP contribution is -2.07. The second-order valence-corrected chi connectivity index (χ2v) is 5.57. The van der Waals surface area contributed by atoms with Gasteiger partial charge >= 0.3 is 0 Å². The van der Waals surface area contributed by atoms with E-state index in [1.165, 1.54) is 6.33 Å². The molecule has 3 heterocycles. The fourth-order valence-corrected chi connectivity index (χ4v) is 2.71. The SMILES string of the molecule is COc1cc(-c2ccn[nH]2)cc2nc(N)nc(NCc3cncnc3)c12. The minimum atomic E-state index is 0.174. The van der Waals surface area contributed by atoms with E-state index in [-0.39, 0.29) is 5.95 Å². The molecule has 130 valence electrons. The minimum absolute atomic E-state index is 0.174. The van der Waals surface area contributed by atoms with Crippen molar-refractivity contribution >= 4 is 22.7 Å². The smallest absolute Gasteiger partial charge is 0.222 e. The van der Waals surface area contributed by atoms with Crippen molar-refractivity contribution in [3.63, 3.8) is 0 Å². The van der Waals surface area contributed by atoms with E-state index in [1.807, 2.05) is 18.2 Å². The summed E-state index contributed by atoms with van der Waals surface area (Å²) >= 11 is 0. The van der Waals surface area contributed by atoms with Crippen LogP contribution in [-0.2, 0) is 6.54 Å². The average Bonchev–Trinajstić information content (AvgIpc) is 3.20. The van der Waals surface area contributed by atoms with Gasteiger partial charge in [-0.2, -0.15) is 10.1 Å². The maximum Gasteiger partial charge on any atom is 0.222 e. The number of H-pyrrole nitrogens is 1. The number of aromatic amines is 1. The van der Waals surface area contributed by atoms with Gasteiger partial charge in [0.1, 0.15) is 17.9 Å². The predicted molar refractivity (Wildman–Crippen MR) is 97.4 cm³/mol. The Kier molecular flexibility index (Phi) is 4.02. The maximum atomic E-state index is 5.91. The molecule has 9 heteroatoms. The molecule has 0 spiro atoms. The molecule has 0 radical (unpaired) electrons. The van der Waals surface area contributed by atoms with Gasteiger partial charge in [0.15, 0.2) is 0 Å². The number of anilines is 2. The quantitative estimate of drug-likeness (QED) is 0.500. The number of benzene rings is 1. The monoisotopic (exact) mass is 348 g/mol. The summed E-state index contributed by atoms with van der Waals surface area (Å²) in [6.45, 7) is 0.498. The van der Waals surface area contributed by atoms with Crippen molar-refractivity contribution in [1.29, 1.82) is 0 Å². The number of ether oxygens (including phenoxy) is 1. The van der Waals surface area contributed by atoms with Gasteiger partial charge in [0, 0.05) is 36.3 Å². The molecular formula is C17H16N8O. The Labute approximate surface area is 148 Å². The summed E-state index contributed by atoms with van der Waals surface area (Å²) < 4.78 is 5.58. The summed E-state index contributed by atoms with van der Waals surface area (Å²) in [5.41, 5.74) is 9.26. The van der Waals surface area contributed by atoms with Gasteiger partial charge in [0.2, 0.25) is 5.95 Å². The zero-order valence-electron chi connectivity index (χ0n) is 14.0. The molecule has 0 amide bonds. The first-order valence-electron chi connectivity index (χ1n) is 7.87. The number of methoxy groups -OCH3 is 1. The van der Waals surface area contributed by atoms with Crippen LogP contribution in [0.4, 0.5) is 11.8 Å². The molecule has 4 N–H and O–H groups in total. The fourth-order valence-electron chi connectivity index (χ4n) is 2.71. The highest BCUT2D eigenvalue weighted by Crippen LogP contribution is 2.35. The van der Waals surface area contributed by atoms with E-state index in [4.69, 9.17) is 10.5 Å². The van der Waals surface area contributed by atoms with Crippen LogP contribution in [0.5, 0.6) is 5.75 Å². The van der Waals surface area contributed by atoms with Crippen LogP contribution in [0, 0.1) is 0 Å². The molecule has 4 aromatic rings. The van der Waals surface area contributed by atoms with Crippen molar-refractivity contribution in [2.45, 2.75) is 6.54 Å². The van der Waals surface area contributed by atoms with Crippen molar-refractivity contribution in [1.82, 2.24) is 30.1 Å². The fraction of sp³-hybridized carbons (Fsp3) is 0.118. The zero-order valence-corrected chi connectivity index (χ0v) is 14.0. The topological polar surface area (TPSA) is 128 Å². The maximum absolute atomic E-state index is 5.91. The van der Waals surface area contributed by atoms with E-state index in [0.29, 0.717) is 23.6 Å². The number of nitrogen functional groups attached to an aromatic ring is 1. The second-order valence-electron chi connectivity index (χ2n) is 5.57. The summed E-state index contributed by atoms with van der Waals surface area (Å²) in [5.74, 6) is 1.40. The van der Waals surface area contributed by atoms with Crippen LogP contribution in [0.2, 0.25) is 0 Å². The van der Waals surface area contributed by atoms with Crippen molar-refractivity contribution in [2.75, 3.05) is 18.2 Å². The van der Waals surface area contributed by atoms with E-state index >= 15 is 0 Å². The Hall–Kier alpha value is -3.75. The number of hydrogen-bond donors (Lipinski definition) is 3. The number of hydrogen-bond acceptors (Lipinski definition) is 8. The number of rotatable bonds is 5. The van der Waals surface area contributed by atoms with Crippen LogP contribution in [0.15, 0.2) is 43.1 Å². The van der Waals surface area contributed by atoms with Gasteiger partial charge in [0.05, 0.1) is 23.7 Å². The highest BCUT2D eigenvalue weighted by atomic mass is 16.5. The van der Waals surface area contributed by atoms with Crippen molar-refractivity contribution in [2.24, 2.45) is 0 Å². The Bertz CT molecular complexity index is 1030. The van der Waals surface area contributed by atoms with E-state index in [2.05, 4.69) is 35.5 Å². The molecule has 0 saturated heterocycles. The molecule has 0 aliphatic heterocycles. The highest BCUT2D eigenvalue weighted by molar-refractivity contribution is 5.98. The lowest BCUT2D eigenvalue weighted by molar-refractivity contribution is 0.420. The Morgan fingerprint density at radius 3 is 2.77 bits per heavy atom. The Balaban J connectivity index is 1.80. The van der Waals surface area contributed by atoms with Gasteiger partial charge in [0.25, 0.3) is 0 Å². The predicted octanol–water partition coefficient (Wildman–Crippen LogP) is 2.01. The first-order valence-corrected chi connectivity index (χ1v) is 7.87. The van der Waals surface area contributed by atoms with Crippen molar-refractivity contribution in [3.05, 3.63) is 48.7 Å². The van der Waals surface area contributed by atoms with Gasteiger partial charge in [-0.1, -0.05) is 0 Å². The summed E-state index contributed by atoms with van der Waals surface area (Å²) in [6, 6.07) is 5.70. The molecule has 4 rings (SSSR count). The molecular weight excluding hydrogens is 332 g/mol. The zero-order chi connectivity index (χ0) is 17.9. The van der Waals surface area contributed by atoms with Crippen LogP contribution in [-0.4, -0.2) is 37.2 Å². The van der Waals surface area contributed by atoms with Gasteiger partial charge < -0.3 is 15.8 Å². The number of fused-ring (bicyclic) bond motifs is 1. The van der Waals surface area contributed by atoms with E-state index in [1.54, 1.807) is 25.7 Å². The molecule has 26 heavy (non-hydrogen) atoms. The van der Waals surface area contributed by atoms with E-state index < -0.39 is 0 Å². The normalized spacial score (nSPS) is 10.8. The second kappa shape index (κ2) is 6.63. The van der Waals surface area contributed by atoms with Crippen LogP contribution >= 0.6 is 0 Å². The molecule has 3 aromatic heterocycles. The molecule has 0 saturated carbocycles. The van der Waals surface area contributed by atoms with Crippen LogP contribution in [0.25, 0.3) is 22.2 Å². The first kappa shape index (κ1) is 15.8. The number of nitrogens with two attached hydrogens (primary N) is 1. The molecule has 0 aliphatic rings. The molecule has 0 bridgehead atoms. The third-order valence-corrected chi connectivity index (χ3v) is 3.89. The van der Waals surface area contributed by atoms with Gasteiger partial charge in [-0.3, -0.25) is 5.10 Å². The number of nitrogens with zero attached hydrogens (tertiary/aromatic N) is 5. The summed E-state index contributed by atoms with van der Waals surface area (Å²) in [6.07, 6.45) is 6.65. The van der Waals surface area contributed by atoms with Crippen molar-refractivity contribution < 1.29 is 4.74 Å². The summed E-state index contributed by atoms with van der Waals surface area (Å²) in [4.78, 5) is 16.7. The lowest BCUT2D eigenvalue weighted by Gasteiger charge is -2.13. The number of nitrogens with one attached hydrogen (secondary N) is 2.